The molecule has 1 saturated carbocycles. The number of anilines is 2. The average molecular weight is 350 g/mol. The number of benzene rings is 1. The summed E-state index contributed by atoms with van der Waals surface area (Å²) in [4.78, 5) is 18.7. The van der Waals surface area contributed by atoms with Gasteiger partial charge in [0.25, 0.3) is 0 Å². The molecule has 0 atom stereocenters. The van der Waals surface area contributed by atoms with Crippen LogP contribution in [-0.2, 0) is 4.79 Å². The lowest BCUT2D eigenvalue weighted by Crippen LogP contribution is -2.31. The lowest BCUT2D eigenvalue weighted by atomic mass is 10.1. The third kappa shape index (κ3) is 3.00. The molecule has 1 fully saturated rings. The second-order valence-electron chi connectivity index (χ2n) is 6.93. The van der Waals surface area contributed by atoms with E-state index in [2.05, 4.69) is 20.5 Å². The van der Waals surface area contributed by atoms with Crippen molar-refractivity contribution in [3.63, 3.8) is 0 Å². The molecule has 1 aromatic carbocycles. The molecule has 0 unspecified atom stereocenters. The summed E-state index contributed by atoms with van der Waals surface area (Å²) in [6.45, 7) is 4.22. The molecule has 1 aliphatic rings. The van der Waals surface area contributed by atoms with Crippen LogP contribution in [0, 0.1) is 13.8 Å². The van der Waals surface area contributed by atoms with E-state index in [0.717, 1.165) is 35.5 Å². The van der Waals surface area contributed by atoms with Crippen LogP contribution in [0.3, 0.4) is 0 Å². The monoisotopic (exact) mass is 350 g/mol. The molecule has 2 heterocycles. The zero-order valence-electron chi connectivity index (χ0n) is 15.2. The van der Waals surface area contributed by atoms with Gasteiger partial charge >= 0.3 is 0 Å². The van der Waals surface area contributed by atoms with Crippen molar-refractivity contribution in [1.29, 1.82) is 0 Å². The van der Waals surface area contributed by atoms with Crippen LogP contribution in [0.15, 0.2) is 30.6 Å². The Morgan fingerprint density at radius 2 is 2.12 bits per heavy atom. The van der Waals surface area contributed by atoms with E-state index in [4.69, 9.17) is 0 Å². The summed E-state index contributed by atoms with van der Waals surface area (Å²) in [6, 6.07) is 5.89. The number of hydrogen-bond acceptors (Lipinski definition) is 5. The smallest absolute Gasteiger partial charge is 0.243 e. The molecule has 1 aliphatic carbocycles. The molecule has 26 heavy (non-hydrogen) atoms. The molecule has 7 heteroatoms. The zero-order valence-corrected chi connectivity index (χ0v) is 15.2. The van der Waals surface area contributed by atoms with Crippen LogP contribution in [0.5, 0.6) is 0 Å². The first-order valence-electron chi connectivity index (χ1n) is 8.81. The molecule has 1 N–H and O–H groups in total. The zero-order chi connectivity index (χ0) is 18.3. The van der Waals surface area contributed by atoms with Crippen LogP contribution in [-0.4, -0.2) is 39.1 Å². The standard InChI is InChI=1S/C19H22N6O/c1-12-5-4-6-15(13(12)2)21-16(26)11-24(3)18-19-23-22-17(14-7-8-14)25(19)10-9-20-18/h4-6,9-10,14H,7-8,11H2,1-3H3,(H,21,26). The summed E-state index contributed by atoms with van der Waals surface area (Å²) in [5, 5.41) is 11.6. The molecule has 0 aliphatic heterocycles. The summed E-state index contributed by atoms with van der Waals surface area (Å²) >= 11 is 0. The normalized spacial score (nSPS) is 13.8. The number of rotatable bonds is 5. The molecule has 0 radical (unpaired) electrons. The third-order valence-electron chi connectivity index (χ3n) is 4.90. The van der Waals surface area contributed by atoms with Crippen molar-refractivity contribution in [2.24, 2.45) is 0 Å². The number of hydrogen-bond donors (Lipinski definition) is 1. The Labute approximate surface area is 152 Å². The van der Waals surface area contributed by atoms with Crippen LogP contribution in [0.25, 0.3) is 5.65 Å². The molecule has 1 amide bonds. The van der Waals surface area contributed by atoms with Crippen molar-refractivity contribution in [1.82, 2.24) is 19.6 Å². The SMILES string of the molecule is Cc1cccc(NC(=O)CN(C)c2nccn3c(C4CC4)nnc23)c1C. The summed E-state index contributed by atoms with van der Waals surface area (Å²) in [6.07, 6.45) is 5.94. The minimum Gasteiger partial charge on any atom is -0.347 e. The van der Waals surface area contributed by atoms with Gasteiger partial charge in [0.1, 0.15) is 5.82 Å². The van der Waals surface area contributed by atoms with Gasteiger partial charge in [0.05, 0.1) is 6.54 Å². The number of fused-ring (bicyclic) bond motifs is 1. The average Bonchev–Trinajstić information content (AvgIpc) is 3.37. The van der Waals surface area contributed by atoms with Gasteiger partial charge in [-0.1, -0.05) is 12.1 Å². The Morgan fingerprint density at radius 3 is 2.88 bits per heavy atom. The number of likely N-dealkylation sites (N-methyl/N-ethyl adjacent to an activating group) is 1. The van der Waals surface area contributed by atoms with Gasteiger partial charge in [-0.2, -0.15) is 0 Å². The van der Waals surface area contributed by atoms with Gasteiger partial charge in [0.15, 0.2) is 5.82 Å². The van der Waals surface area contributed by atoms with Gasteiger partial charge in [-0.25, -0.2) is 4.98 Å². The highest BCUT2D eigenvalue weighted by Crippen LogP contribution is 2.39. The lowest BCUT2D eigenvalue weighted by Gasteiger charge is -2.18. The first-order chi connectivity index (χ1) is 12.5. The minimum absolute atomic E-state index is 0.0908. The second-order valence-corrected chi connectivity index (χ2v) is 6.93. The Balaban J connectivity index is 1.53. The van der Waals surface area contributed by atoms with Crippen LogP contribution < -0.4 is 10.2 Å². The molecular weight excluding hydrogens is 328 g/mol. The van der Waals surface area contributed by atoms with E-state index in [0.29, 0.717) is 17.4 Å². The maximum absolute atomic E-state index is 12.5. The van der Waals surface area contributed by atoms with E-state index in [1.54, 1.807) is 11.1 Å². The largest absolute Gasteiger partial charge is 0.347 e. The van der Waals surface area contributed by atoms with Gasteiger partial charge in [-0.3, -0.25) is 9.20 Å². The van der Waals surface area contributed by atoms with Crippen LogP contribution in [0.1, 0.15) is 35.7 Å². The maximum Gasteiger partial charge on any atom is 0.243 e. The first kappa shape index (κ1) is 16.5. The van der Waals surface area contributed by atoms with Gasteiger partial charge in [-0.15, -0.1) is 10.2 Å². The third-order valence-corrected chi connectivity index (χ3v) is 4.90. The fourth-order valence-electron chi connectivity index (χ4n) is 3.09. The van der Waals surface area contributed by atoms with Crippen molar-refractivity contribution in [2.75, 3.05) is 23.8 Å². The van der Waals surface area contributed by atoms with Crippen LogP contribution in [0.4, 0.5) is 11.5 Å². The van der Waals surface area contributed by atoms with Crippen molar-refractivity contribution in [2.45, 2.75) is 32.6 Å². The Bertz CT molecular complexity index is 975. The number of carbonyl (C=O) groups is 1. The Kier molecular flexibility index (Phi) is 4.06. The summed E-state index contributed by atoms with van der Waals surface area (Å²) in [5.41, 5.74) is 3.76. The number of nitrogens with one attached hydrogen (secondary N) is 1. The van der Waals surface area contributed by atoms with Gasteiger partial charge in [-0.05, 0) is 43.9 Å². The van der Waals surface area contributed by atoms with E-state index in [1.165, 1.54) is 0 Å². The van der Waals surface area contributed by atoms with Crippen LogP contribution in [0.2, 0.25) is 0 Å². The molecule has 7 nitrogen and oxygen atoms in total. The summed E-state index contributed by atoms with van der Waals surface area (Å²) < 4.78 is 1.99. The first-order valence-corrected chi connectivity index (χ1v) is 8.81. The molecule has 4 rings (SSSR count). The van der Waals surface area contributed by atoms with Crippen molar-refractivity contribution in [3.8, 4) is 0 Å². The van der Waals surface area contributed by atoms with E-state index in [1.807, 2.05) is 49.7 Å². The molecule has 0 saturated heterocycles. The highest BCUT2D eigenvalue weighted by atomic mass is 16.2. The topological polar surface area (TPSA) is 75.4 Å². The molecular formula is C19H22N6O. The minimum atomic E-state index is -0.0908. The summed E-state index contributed by atoms with van der Waals surface area (Å²) in [7, 11) is 1.84. The van der Waals surface area contributed by atoms with Gasteiger partial charge in [0, 0.05) is 31.0 Å². The molecule has 2 aromatic heterocycles. The van der Waals surface area contributed by atoms with Crippen molar-refractivity contribution >= 4 is 23.1 Å². The highest BCUT2D eigenvalue weighted by Gasteiger charge is 2.29. The molecule has 0 bridgehead atoms. The van der Waals surface area contributed by atoms with Crippen molar-refractivity contribution < 1.29 is 4.79 Å². The lowest BCUT2D eigenvalue weighted by molar-refractivity contribution is -0.114. The Morgan fingerprint density at radius 1 is 1.31 bits per heavy atom. The Hall–Kier alpha value is -2.96. The number of aryl methyl sites for hydroxylation is 1. The quantitative estimate of drug-likeness (QED) is 0.766. The molecule has 134 valence electrons. The fraction of sp³-hybridized carbons (Fsp3) is 0.368. The maximum atomic E-state index is 12.5. The molecule has 3 aromatic rings. The second kappa shape index (κ2) is 6.40. The number of amides is 1. The van der Waals surface area contributed by atoms with Gasteiger partial charge in [0.2, 0.25) is 11.6 Å². The van der Waals surface area contributed by atoms with Crippen molar-refractivity contribution in [3.05, 3.63) is 47.5 Å². The van der Waals surface area contributed by atoms with E-state index in [-0.39, 0.29) is 12.5 Å². The van der Waals surface area contributed by atoms with E-state index in [9.17, 15) is 4.79 Å². The van der Waals surface area contributed by atoms with E-state index < -0.39 is 0 Å². The van der Waals surface area contributed by atoms with Crippen LogP contribution >= 0.6 is 0 Å². The van der Waals surface area contributed by atoms with E-state index >= 15 is 0 Å². The highest BCUT2D eigenvalue weighted by molar-refractivity contribution is 5.95. The van der Waals surface area contributed by atoms with Gasteiger partial charge < -0.3 is 10.2 Å². The predicted octanol–water partition coefficient (Wildman–Crippen LogP) is 2.69. The number of nitrogens with zero attached hydrogens (tertiary/aromatic N) is 5. The fourth-order valence-corrected chi connectivity index (χ4v) is 3.09. The predicted molar refractivity (Wildman–Crippen MR) is 101 cm³/mol. The number of carbonyl (C=O) groups excluding carboxylic acids is 1. The number of aromatic nitrogens is 4. The summed E-state index contributed by atoms with van der Waals surface area (Å²) in [5.74, 6) is 2.05. The molecule has 0 spiro atoms.